The highest BCUT2D eigenvalue weighted by Crippen LogP contribution is 2.25. The standard InChI is InChI=1S/C13H17BClF2O2/c1-12(2,18)13(3,4)19-14-9-7-8(11(16)17)5-6-10(9)15/h5-7,11,18H,1-4H3. The fourth-order valence-corrected chi connectivity index (χ4v) is 1.31. The van der Waals surface area contributed by atoms with Gasteiger partial charge < -0.3 is 9.76 Å². The average Bonchev–Trinajstić information content (AvgIpc) is 2.26. The van der Waals surface area contributed by atoms with Gasteiger partial charge in [0.1, 0.15) is 0 Å². The summed E-state index contributed by atoms with van der Waals surface area (Å²) in [6.07, 6.45) is -2.56. The lowest BCUT2D eigenvalue weighted by Crippen LogP contribution is -2.49. The molecule has 1 rings (SSSR count). The summed E-state index contributed by atoms with van der Waals surface area (Å²) in [5, 5.41) is 10.3. The number of halogens is 3. The second-order valence-electron chi connectivity index (χ2n) is 5.39. The van der Waals surface area contributed by atoms with Crippen molar-refractivity contribution in [3.05, 3.63) is 28.8 Å². The van der Waals surface area contributed by atoms with Crippen LogP contribution in [0.25, 0.3) is 0 Å². The number of hydrogen-bond donors (Lipinski definition) is 1. The summed E-state index contributed by atoms with van der Waals surface area (Å²) in [6, 6.07) is 3.94. The Hall–Kier alpha value is -0.645. The van der Waals surface area contributed by atoms with Gasteiger partial charge in [0, 0.05) is 10.6 Å². The minimum Gasteiger partial charge on any atom is -0.427 e. The van der Waals surface area contributed by atoms with E-state index in [9.17, 15) is 13.9 Å². The molecule has 2 nitrogen and oxygen atoms in total. The van der Waals surface area contributed by atoms with Crippen molar-refractivity contribution in [1.29, 1.82) is 0 Å². The molecule has 0 saturated carbocycles. The summed E-state index contributed by atoms with van der Waals surface area (Å²) in [5.41, 5.74) is -1.73. The Balaban J connectivity index is 2.86. The summed E-state index contributed by atoms with van der Waals surface area (Å²) in [7, 11) is 1.30. The van der Waals surface area contributed by atoms with E-state index in [0.29, 0.717) is 10.5 Å². The first-order valence-electron chi connectivity index (χ1n) is 5.85. The molecule has 0 bridgehead atoms. The minimum absolute atomic E-state index is 0.125. The highest BCUT2D eigenvalue weighted by molar-refractivity contribution is 6.53. The van der Waals surface area contributed by atoms with Crippen molar-refractivity contribution in [3.63, 3.8) is 0 Å². The molecule has 0 unspecified atom stereocenters. The Kier molecular flexibility index (Phi) is 4.99. The molecule has 1 aromatic rings. The van der Waals surface area contributed by atoms with Crippen LogP contribution in [0.5, 0.6) is 0 Å². The maximum Gasteiger partial charge on any atom is 0.332 e. The molecule has 19 heavy (non-hydrogen) atoms. The Bertz CT molecular complexity index is 445. The highest BCUT2D eigenvalue weighted by Gasteiger charge is 2.35. The zero-order valence-electron chi connectivity index (χ0n) is 11.4. The van der Waals surface area contributed by atoms with Gasteiger partial charge in [-0.1, -0.05) is 23.7 Å². The molecule has 6 heteroatoms. The van der Waals surface area contributed by atoms with Crippen molar-refractivity contribution >= 4 is 24.5 Å². The Morgan fingerprint density at radius 1 is 1.26 bits per heavy atom. The molecular formula is C13H17BClF2O2. The van der Waals surface area contributed by atoms with Crippen molar-refractivity contribution in [2.45, 2.75) is 45.3 Å². The molecule has 0 atom stereocenters. The molecule has 0 spiro atoms. The normalized spacial score (nSPS) is 12.9. The molecule has 0 aliphatic carbocycles. The van der Waals surface area contributed by atoms with Crippen LogP contribution in [0.4, 0.5) is 8.78 Å². The lowest BCUT2D eigenvalue weighted by Gasteiger charge is -2.37. The second-order valence-corrected chi connectivity index (χ2v) is 5.79. The topological polar surface area (TPSA) is 29.5 Å². The van der Waals surface area contributed by atoms with Crippen LogP contribution in [0.15, 0.2) is 18.2 Å². The van der Waals surface area contributed by atoms with E-state index in [1.165, 1.54) is 25.7 Å². The van der Waals surface area contributed by atoms with Crippen LogP contribution < -0.4 is 5.46 Å². The lowest BCUT2D eigenvalue weighted by atomic mass is 9.82. The van der Waals surface area contributed by atoms with Crippen molar-refractivity contribution < 1.29 is 18.5 Å². The van der Waals surface area contributed by atoms with Gasteiger partial charge >= 0.3 is 7.48 Å². The van der Waals surface area contributed by atoms with Crippen molar-refractivity contribution in [2.75, 3.05) is 0 Å². The number of alkyl halides is 2. The zero-order chi connectivity index (χ0) is 14.8. The van der Waals surface area contributed by atoms with Crippen LogP contribution in [-0.2, 0) is 4.65 Å². The Morgan fingerprint density at radius 3 is 2.32 bits per heavy atom. The maximum absolute atomic E-state index is 12.6. The van der Waals surface area contributed by atoms with Gasteiger partial charge in [0.2, 0.25) is 0 Å². The summed E-state index contributed by atoms with van der Waals surface area (Å²) in [6.45, 7) is 6.62. The third-order valence-electron chi connectivity index (χ3n) is 3.23. The molecule has 0 aliphatic heterocycles. The second kappa shape index (κ2) is 5.77. The molecule has 0 amide bonds. The van der Waals surface area contributed by atoms with E-state index in [1.807, 2.05) is 0 Å². The van der Waals surface area contributed by atoms with E-state index in [4.69, 9.17) is 16.3 Å². The molecule has 0 saturated heterocycles. The number of rotatable bonds is 5. The Labute approximate surface area is 118 Å². The smallest absolute Gasteiger partial charge is 0.332 e. The molecule has 0 fully saturated rings. The first kappa shape index (κ1) is 16.4. The van der Waals surface area contributed by atoms with E-state index >= 15 is 0 Å². The zero-order valence-corrected chi connectivity index (χ0v) is 12.1. The average molecular weight is 290 g/mol. The maximum atomic E-state index is 12.6. The summed E-state index contributed by atoms with van der Waals surface area (Å²) in [5.74, 6) is 0. The van der Waals surface area contributed by atoms with Gasteiger partial charge in [-0.3, -0.25) is 0 Å². The van der Waals surface area contributed by atoms with Gasteiger partial charge in [-0.15, -0.1) is 0 Å². The summed E-state index contributed by atoms with van der Waals surface area (Å²) < 4.78 is 30.7. The molecule has 1 aromatic carbocycles. The third kappa shape index (κ3) is 4.16. The van der Waals surface area contributed by atoms with E-state index in [-0.39, 0.29) is 5.56 Å². The van der Waals surface area contributed by atoms with Crippen LogP contribution in [-0.4, -0.2) is 23.8 Å². The van der Waals surface area contributed by atoms with Gasteiger partial charge in [0.15, 0.2) is 0 Å². The highest BCUT2D eigenvalue weighted by atomic mass is 35.5. The number of benzene rings is 1. The van der Waals surface area contributed by atoms with Crippen LogP contribution in [0, 0.1) is 0 Å². The predicted octanol–water partition coefficient (Wildman–Crippen LogP) is 3.09. The van der Waals surface area contributed by atoms with Crippen molar-refractivity contribution in [1.82, 2.24) is 0 Å². The molecule has 0 aliphatic rings. The SMILES string of the molecule is CC(C)(O)C(C)(C)O[B]c1cc(C(F)F)ccc1Cl. The molecule has 105 valence electrons. The van der Waals surface area contributed by atoms with Crippen LogP contribution in [0.3, 0.4) is 0 Å². The first-order valence-corrected chi connectivity index (χ1v) is 6.23. The predicted molar refractivity (Wildman–Crippen MR) is 73.3 cm³/mol. The van der Waals surface area contributed by atoms with Crippen molar-refractivity contribution in [3.8, 4) is 0 Å². The quantitative estimate of drug-likeness (QED) is 0.844. The summed E-state index contributed by atoms with van der Waals surface area (Å²) in [4.78, 5) is 0. The van der Waals surface area contributed by atoms with Gasteiger partial charge in [-0.25, -0.2) is 8.78 Å². The monoisotopic (exact) mass is 289 g/mol. The van der Waals surface area contributed by atoms with Gasteiger partial charge in [-0.05, 0) is 39.2 Å². The number of aliphatic hydroxyl groups is 1. The fourth-order valence-electron chi connectivity index (χ4n) is 1.14. The first-order chi connectivity index (χ1) is 8.54. The molecule has 0 heterocycles. The fraction of sp³-hybridized carbons (Fsp3) is 0.538. The Morgan fingerprint density at radius 2 is 1.84 bits per heavy atom. The third-order valence-corrected chi connectivity index (χ3v) is 3.57. The van der Waals surface area contributed by atoms with E-state index < -0.39 is 17.6 Å². The van der Waals surface area contributed by atoms with Gasteiger partial charge in [0.25, 0.3) is 6.43 Å². The van der Waals surface area contributed by atoms with Crippen LogP contribution >= 0.6 is 11.6 Å². The van der Waals surface area contributed by atoms with E-state index in [1.54, 1.807) is 27.7 Å². The molecule has 1 radical (unpaired) electrons. The van der Waals surface area contributed by atoms with Gasteiger partial charge in [-0.2, -0.15) is 0 Å². The van der Waals surface area contributed by atoms with E-state index in [2.05, 4.69) is 0 Å². The largest absolute Gasteiger partial charge is 0.427 e. The van der Waals surface area contributed by atoms with Gasteiger partial charge in [0.05, 0.1) is 11.2 Å². The molecule has 0 aromatic heterocycles. The molecule has 1 N–H and O–H groups in total. The minimum atomic E-state index is -2.56. The van der Waals surface area contributed by atoms with Crippen LogP contribution in [0.1, 0.15) is 39.7 Å². The molecular weight excluding hydrogens is 272 g/mol. The number of hydrogen-bond acceptors (Lipinski definition) is 2. The van der Waals surface area contributed by atoms with E-state index in [0.717, 1.165) is 0 Å². The van der Waals surface area contributed by atoms with Crippen molar-refractivity contribution in [2.24, 2.45) is 0 Å². The van der Waals surface area contributed by atoms with Crippen LogP contribution in [0.2, 0.25) is 5.02 Å². The lowest BCUT2D eigenvalue weighted by molar-refractivity contribution is -0.0893. The summed E-state index contributed by atoms with van der Waals surface area (Å²) >= 11 is 5.93.